The number of benzene rings is 2. The Kier molecular flexibility index (Phi) is 4.46. The Hall–Kier alpha value is -2.16. The summed E-state index contributed by atoms with van der Waals surface area (Å²) in [4.78, 5) is 0. The predicted molar refractivity (Wildman–Crippen MR) is 91.2 cm³/mol. The van der Waals surface area contributed by atoms with Gasteiger partial charge in [-0.05, 0) is 66.1 Å². The van der Waals surface area contributed by atoms with Gasteiger partial charge in [-0.15, -0.1) is 0 Å². The molecule has 3 heteroatoms. The summed E-state index contributed by atoms with van der Waals surface area (Å²) >= 11 is 0. The second-order valence-corrected chi connectivity index (χ2v) is 6.67. The Morgan fingerprint density at radius 3 is 2.30 bits per heavy atom. The van der Waals surface area contributed by atoms with Gasteiger partial charge in [0.2, 0.25) is 0 Å². The zero-order valence-electron chi connectivity index (χ0n) is 13.5. The molecule has 3 rings (SSSR count). The summed E-state index contributed by atoms with van der Waals surface area (Å²) in [5.74, 6) is 0.650. The van der Waals surface area contributed by atoms with Crippen LogP contribution in [0.15, 0.2) is 30.3 Å². The van der Waals surface area contributed by atoms with E-state index in [0.717, 1.165) is 16.7 Å². The van der Waals surface area contributed by atoms with Crippen LogP contribution >= 0.6 is 0 Å². The molecule has 0 bridgehead atoms. The van der Waals surface area contributed by atoms with Crippen molar-refractivity contribution in [3.05, 3.63) is 52.6 Å². The molecular formula is C20H24O3. The molecule has 0 spiro atoms. The number of phenols is 3. The molecule has 1 saturated carbocycles. The lowest BCUT2D eigenvalue weighted by atomic mass is 9.81. The first kappa shape index (κ1) is 15.7. The minimum absolute atomic E-state index is 0.121. The fourth-order valence-electron chi connectivity index (χ4n) is 3.65. The molecule has 0 unspecified atom stereocenters. The van der Waals surface area contributed by atoms with Gasteiger partial charge in [0.05, 0.1) is 0 Å². The monoisotopic (exact) mass is 312 g/mol. The van der Waals surface area contributed by atoms with E-state index in [1.807, 2.05) is 6.07 Å². The lowest BCUT2D eigenvalue weighted by Crippen LogP contribution is -2.07. The van der Waals surface area contributed by atoms with E-state index in [0.29, 0.717) is 18.1 Å². The maximum atomic E-state index is 10.3. The molecule has 0 aliphatic heterocycles. The van der Waals surface area contributed by atoms with Crippen molar-refractivity contribution in [2.45, 2.75) is 51.4 Å². The Morgan fingerprint density at radius 2 is 1.61 bits per heavy atom. The molecule has 1 aliphatic rings. The summed E-state index contributed by atoms with van der Waals surface area (Å²) in [6.45, 7) is 2.07. The van der Waals surface area contributed by atoms with Crippen molar-refractivity contribution in [2.24, 2.45) is 0 Å². The van der Waals surface area contributed by atoms with Crippen LogP contribution in [0.4, 0.5) is 0 Å². The molecule has 0 saturated heterocycles. The molecule has 2 aromatic rings. The molecule has 3 N–H and O–H groups in total. The van der Waals surface area contributed by atoms with Crippen molar-refractivity contribution >= 4 is 0 Å². The molecule has 0 atom stereocenters. The van der Waals surface area contributed by atoms with Crippen LogP contribution in [0.5, 0.6) is 17.2 Å². The number of aryl methyl sites for hydroxylation is 1. The van der Waals surface area contributed by atoms with Crippen LogP contribution < -0.4 is 0 Å². The third kappa shape index (κ3) is 3.44. The average molecular weight is 312 g/mol. The van der Waals surface area contributed by atoms with E-state index < -0.39 is 0 Å². The van der Waals surface area contributed by atoms with Crippen molar-refractivity contribution in [2.75, 3.05) is 0 Å². The first-order chi connectivity index (χ1) is 11.0. The van der Waals surface area contributed by atoms with Crippen LogP contribution in [0.2, 0.25) is 0 Å². The molecule has 0 heterocycles. The Labute approximate surface area is 137 Å². The third-order valence-electron chi connectivity index (χ3n) is 4.95. The van der Waals surface area contributed by atoms with E-state index in [1.54, 1.807) is 12.1 Å². The number of aromatic hydroxyl groups is 3. The molecule has 122 valence electrons. The minimum Gasteiger partial charge on any atom is -0.508 e. The average Bonchev–Trinajstić information content (AvgIpc) is 2.54. The second-order valence-electron chi connectivity index (χ2n) is 6.67. The van der Waals surface area contributed by atoms with E-state index in [-0.39, 0.29) is 11.5 Å². The molecule has 1 aliphatic carbocycles. The highest BCUT2D eigenvalue weighted by Crippen LogP contribution is 2.37. The highest BCUT2D eigenvalue weighted by molar-refractivity contribution is 5.47. The number of hydrogen-bond acceptors (Lipinski definition) is 3. The van der Waals surface area contributed by atoms with E-state index in [4.69, 9.17) is 0 Å². The largest absolute Gasteiger partial charge is 0.508 e. The number of phenolic OH excluding ortho intramolecular Hbond substituents is 3. The van der Waals surface area contributed by atoms with E-state index >= 15 is 0 Å². The summed E-state index contributed by atoms with van der Waals surface area (Å²) in [5, 5.41) is 29.3. The van der Waals surface area contributed by atoms with Crippen molar-refractivity contribution < 1.29 is 15.3 Å². The lowest BCUT2D eigenvalue weighted by Gasteiger charge is -2.24. The quantitative estimate of drug-likeness (QED) is 0.717. The smallest absolute Gasteiger partial charge is 0.157 e. The maximum absolute atomic E-state index is 10.3. The van der Waals surface area contributed by atoms with Gasteiger partial charge in [0.1, 0.15) is 5.75 Å². The fourth-order valence-corrected chi connectivity index (χ4v) is 3.65. The highest BCUT2D eigenvalue weighted by Gasteiger charge is 2.19. The first-order valence-corrected chi connectivity index (χ1v) is 8.38. The van der Waals surface area contributed by atoms with E-state index in [9.17, 15) is 15.3 Å². The summed E-state index contributed by atoms with van der Waals surface area (Å²) in [6, 6.07) is 8.80. The second kappa shape index (κ2) is 6.53. The molecule has 1 fully saturated rings. The van der Waals surface area contributed by atoms with Gasteiger partial charge in [0, 0.05) is 6.42 Å². The van der Waals surface area contributed by atoms with Gasteiger partial charge < -0.3 is 15.3 Å². The zero-order valence-corrected chi connectivity index (χ0v) is 13.5. The van der Waals surface area contributed by atoms with Crippen LogP contribution in [0.25, 0.3) is 0 Å². The van der Waals surface area contributed by atoms with Gasteiger partial charge in [-0.3, -0.25) is 0 Å². The molecule has 0 amide bonds. The Bertz CT molecular complexity index is 700. The van der Waals surface area contributed by atoms with Gasteiger partial charge in [-0.1, -0.05) is 31.4 Å². The van der Waals surface area contributed by atoms with Crippen molar-refractivity contribution in [3.63, 3.8) is 0 Å². The normalized spacial score (nSPS) is 15.7. The zero-order chi connectivity index (χ0) is 16.4. The molecule has 3 nitrogen and oxygen atoms in total. The summed E-state index contributed by atoms with van der Waals surface area (Å²) in [6.07, 6.45) is 6.89. The standard InChI is InChI=1S/C20H24O3/c1-13-9-19(22)16(10-14-7-8-18(21)20(23)11-14)12-17(13)15-5-3-2-4-6-15/h7-9,11-12,15,21-23H,2-6,10H2,1H3. The SMILES string of the molecule is Cc1cc(O)c(Cc2ccc(O)c(O)c2)cc1C1CCCCC1. The summed E-state index contributed by atoms with van der Waals surface area (Å²) in [7, 11) is 0. The van der Waals surface area contributed by atoms with Gasteiger partial charge in [0.25, 0.3) is 0 Å². The molecule has 0 radical (unpaired) electrons. The molecular weight excluding hydrogens is 288 g/mol. The van der Waals surface area contributed by atoms with Crippen LogP contribution in [-0.2, 0) is 6.42 Å². The van der Waals surface area contributed by atoms with Crippen LogP contribution in [0.1, 0.15) is 60.3 Å². The topological polar surface area (TPSA) is 60.7 Å². The van der Waals surface area contributed by atoms with Crippen molar-refractivity contribution in [1.82, 2.24) is 0 Å². The molecule has 23 heavy (non-hydrogen) atoms. The lowest BCUT2D eigenvalue weighted by molar-refractivity contribution is 0.403. The highest BCUT2D eigenvalue weighted by atomic mass is 16.3. The molecule has 0 aromatic heterocycles. The summed E-state index contributed by atoms with van der Waals surface area (Å²) < 4.78 is 0. The Morgan fingerprint density at radius 1 is 0.870 bits per heavy atom. The van der Waals surface area contributed by atoms with E-state index in [2.05, 4.69) is 13.0 Å². The number of hydrogen-bond donors (Lipinski definition) is 3. The van der Waals surface area contributed by atoms with Crippen LogP contribution in [0.3, 0.4) is 0 Å². The van der Waals surface area contributed by atoms with Gasteiger partial charge >= 0.3 is 0 Å². The van der Waals surface area contributed by atoms with Crippen molar-refractivity contribution in [3.8, 4) is 17.2 Å². The van der Waals surface area contributed by atoms with Crippen LogP contribution in [-0.4, -0.2) is 15.3 Å². The minimum atomic E-state index is -0.124. The Balaban J connectivity index is 1.90. The fraction of sp³-hybridized carbons (Fsp3) is 0.400. The maximum Gasteiger partial charge on any atom is 0.157 e. The first-order valence-electron chi connectivity index (χ1n) is 8.38. The predicted octanol–water partition coefficient (Wildman–Crippen LogP) is 4.75. The molecule has 2 aromatic carbocycles. The van der Waals surface area contributed by atoms with Crippen molar-refractivity contribution in [1.29, 1.82) is 0 Å². The van der Waals surface area contributed by atoms with Gasteiger partial charge in [-0.25, -0.2) is 0 Å². The van der Waals surface area contributed by atoms with E-state index in [1.165, 1.54) is 43.7 Å². The third-order valence-corrected chi connectivity index (χ3v) is 4.95. The van der Waals surface area contributed by atoms with Gasteiger partial charge in [0.15, 0.2) is 11.5 Å². The van der Waals surface area contributed by atoms with Crippen LogP contribution in [0, 0.1) is 6.92 Å². The summed E-state index contributed by atoms with van der Waals surface area (Å²) in [5.41, 5.74) is 4.25. The van der Waals surface area contributed by atoms with Gasteiger partial charge in [-0.2, -0.15) is 0 Å². The number of rotatable bonds is 3.